The van der Waals surface area contributed by atoms with E-state index in [-0.39, 0.29) is 11.6 Å². The Morgan fingerprint density at radius 2 is 1.88 bits per heavy atom. The molecule has 0 saturated carbocycles. The van der Waals surface area contributed by atoms with Gasteiger partial charge in [-0.25, -0.2) is 4.39 Å². The summed E-state index contributed by atoms with van der Waals surface area (Å²) >= 11 is 0. The predicted molar refractivity (Wildman–Crippen MR) is 99.2 cm³/mol. The molecule has 0 aliphatic rings. The highest BCUT2D eigenvalue weighted by Crippen LogP contribution is 2.28. The summed E-state index contributed by atoms with van der Waals surface area (Å²) < 4.78 is 13.7. The lowest BCUT2D eigenvalue weighted by atomic mass is 9.92. The SMILES string of the molecule is CCC(=O)c1cc(-c2ccc(F)cc2C(=N)N(C)C=N)ccc1CC. The van der Waals surface area contributed by atoms with Crippen molar-refractivity contribution in [2.24, 2.45) is 0 Å². The number of nitrogens with one attached hydrogen (secondary N) is 2. The summed E-state index contributed by atoms with van der Waals surface area (Å²) in [4.78, 5) is 13.6. The van der Waals surface area contributed by atoms with Crippen LogP contribution in [-0.2, 0) is 6.42 Å². The lowest BCUT2D eigenvalue weighted by molar-refractivity contribution is 0.0987. The van der Waals surface area contributed by atoms with Crippen LogP contribution in [0.5, 0.6) is 0 Å². The summed E-state index contributed by atoms with van der Waals surface area (Å²) in [5, 5.41) is 15.5. The maximum absolute atomic E-state index is 13.7. The molecule has 2 N–H and O–H groups in total. The Morgan fingerprint density at radius 1 is 1.16 bits per heavy atom. The van der Waals surface area contributed by atoms with E-state index in [1.54, 1.807) is 13.1 Å². The van der Waals surface area contributed by atoms with Crippen LogP contribution in [0.2, 0.25) is 0 Å². The van der Waals surface area contributed by atoms with Crippen molar-refractivity contribution in [3.63, 3.8) is 0 Å². The molecule has 5 heteroatoms. The third-order valence-electron chi connectivity index (χ3n) is 4.21. The second-order valence-electron chi connectivity index (χ2n) is 5.78. The van der Waals surface area contributed by atoms with Crippen LogP contribution in [0, 0.1) is 16.6 Å². The van der Waals surface area contributed by atoms with E-state index in [1.807, 2.05) is 32.0 Å². The van der Waals surface area contributed by atoms with Gasteiger partial charge in [0.05, 0.1) is 6.34 Å². The fourth-order valence-electron chi connectivity index (χ4n) is 2.72. The fourth-order valence-corrected chi connectivity index (χ4v) is 2.72. The molecule has 0 atom stereocenters. The number of hydrogen-bond donors (Lipinski definition) is 2. The molecule has 2 aromatic carbocycles. The largest absolute Gasteiger partial charge is 0.321 e. The average molecular weight is 339 g/mol. The maximum atomic E-state index is 13.7. The van der Waals surface area contributed by atoms with Gasteiger partial charge in [-0.3, -0.25) is 15.6 Å². The summed E-state index contributed by atoms with van der Waals surface area (Å²) in [5.41, 5.74) is 3.45. The number of rotatable bonds is 6. The first-order chi connectivity index (χ1) is 11.9. The Labute approximate surface area is 147 Å². The molecule has 2 aromatic rings. The number of carbonyl (C=O) groups is 1. The van der Waals surface area contributed by atoms with Gasteiger partial charge in [0.15, 0.2) is 5.78 Å². The second-order valence-corrected chi connectivity index (χ2v) is 5.78. The number of carbonyl (C=O) groups excluding carboxylic acids is 1. The van der Waals surface area contributed by atoms with Crippen LogP contribution >= 0.6 is 0 Å². The molecule has 130 valence electrons. The summed E-state index contributed by atoms with van der Waals surface area (Å²) in [6.07, 6.45) is 2.17. The van der Waals surface area contributed by atoms with Crippen molar-refractivity contribution in [2.75, 3.05) is 7.05 Å². The molecule has 0 saturated heterocycles. The highest BCUT2D eigenvalue weighted by atomic mass is 19.1. The summed E-state index contributed by atoms with van der Waals surface area (Å²) in [6.45, 7) is 3.83. The van der Waals surface area contributed by atoms with Crippen molar-refractivity contribution in [3.8, 4) is 11.1 Å². The van der Waals surface area contributed by atoms with E-state index in [0.717, 1.165) is 23.9 Å². The molecule has 0 heterocycles. The summed E-state index contributed by atoms with van der Waals surface area (Å²) in [7, 11) is 1.57. The first-order valence-corrected chi connectivity index (χ1v) is 8.21. The van der Waals surface area contributed by atoms with Crippen molar-refractivity contribution in [1.82, 2.24) is 4.90 Å². The third-order valence-corrected chi connectivity index (χ3v) is 4.21. The van der Waals surface area contributed by atoms with Crippen LogP contribution in [0.1, 0.15) is 41.8 Å². The van der Waals surface area contributed by atoms with Gasteiger partial charge in [0.25, 0.3) is 0 Å². The van der Waals surface area contributed by atoms with Gasteiger partial charge in [-0.15, -0.1) is 0 Å². The first kappa shape index (κ1) is 18.5. The van der Waals surface area contributed by atoms with E-state index in [2.05, 4.69) is 0 Å². The Balaban J connectivity index is 2.64. The highest BCUT2D eigenvalue weighted by molar-refractivity contribution is 6.07. The smallest absolute Gasteiger partial charge is 0.162 e. The average Bonchev–Trinajstić information content (AvgIpc) is 2.65. The third kappa shape index (κ3) is 3.82. The minimum atomic E-state index is -0.447. The predicted octanol–water partition coefficient (Wildman–Crippen LogP) is 4.51. The lowest BCUT2D eigenvalue weighted by Gasteiger charge is -2.18. The van der Waals surface area contributed by atoms with Gasteiger partial charge >= 0.3 is 0 Å². The normalized spacial score (nSPS) is 10.4. The Hall–Kier alpha value is -2.82. The zero-order chi connectivity index (χ0) is 18.6. The minimum absolute atomic E-state index is 0.0208. The molecule has 0 radical (unpaired) electrons. The summed E-state index contributed by atoms with van der Waals surface area (Å²) in [6, 6.07) is 9.85. The van der Waals surface area contributed by atoms with Crippen molar-refractivity contribution in [1.29, 1.82) is 10.8 Å². The number of aryl methyl sites for hydroxylation is 1. The number of halogens is 1. The van der Waals surface area contributed by atoms with E-state index in [1.165, 1.54) is 17.0 Å². The van der Waals surface area contributed by atoms with Crippen molar-refractivity contribution >= 4 is 18.0 Å². The molecule has 0 amide bonds. The second kappa shape index (κ2) is 7.83. The number of Topliss-reactive ketones (excluding diaryl/α,β-unsaturated/α-hetero) is 1. The van der Waals surface area contributed by atoms with Crippen LogP contribution in [0.15, 0.2) is 36.4 Å². The Morgan fingerprint density at radius 3 is 2.48 bits per heavy atom. The number of nitrogens with zero attached hydrogens (tertiary/aromatic N) is 1. The number of ketones is 1. The van der Waals surface area contributed by atoms with Crippen molar-refractivity contribution in [2.45, 2.75) is 26.7 Å². The zero-order valence-corrected chi connectivity index (χ0v) is 14.7. The molecule has 0 bridgehead atoms. The highest BCUT2D eigenvalue weighted by Gasteiger charge is 2.16. The van der Waals surface area contributed by atoms with Gasteiger partial charge in [0, 0.05) is 24.6 Å². The molecule has 4 nitrogen and oxygen atoms in total. The molecular weight excluding hydrogens is 317 g/mol. The fraction of sp³-hybridized carbons (Fsp3) is 0.250. The van der Waals surface area contributed by atoms with Crippen LogP contribution in [0.4, 0.5) is 4.39 Å². The van der Waals surface area contributed by atoms with E-state index < -0.39 is 5.82 Å². The molecule has 0 fully saturated rings. The lowest BCUT2D eigenvalue weighted by Crippen LogP contribution is -2.25. The molecule has 0 aromatic heterocycles. The standard InChI is InChI=1S/C20H22FN3O/c1-4-13-6-7-14(10-17(13)19(25)5-2)16-9-8-15(21)11-18(16)20(23)24(3)12-22/h6-12,22-23H,4-5H2,1-3H3. The van der Waals surface area contributed by atoms with E-state index in [9.17, 15) is 9.18 Å². The summed E-state index contributed by atoms with van der Waals surface area (Å²) in [5.74, 6) is -0.363. The van der Waals surface area contributed by atoms with Crippen molar-refractivity contribution < 1.29 is 9.18 Å². The van der Waals surface area contributed by atoms with Crippen LogP contribution in [0.25, 0.3) is 11.1 Å². The molecule has 0 aliphatic heterocycles. The van der Waals surface area contributed by atoms with Crippen LogP contribution in [0.3, 0.4) is 0 Å². The Kier molecular flexibility index (Phi) is 5.80. The van der Waals surface area contributed by atoms with Gasteiger partial charge in [-0.05, 0) is 41.3 Å². The molecule has 2 rings (SSSR count). The number of amidine groups is 1. The van der Waals surface area contributed by atoms with Gasteiger partial charge in [-0.2, -0.15) is 0 Å². The number of benzene rings is 2. The Bertz CT molecular complexity index is 830. The molecule has 0 aliphatic carbocycles. The van der Waals surface area contributed by atoms with Crippen LogP contribution in [-0.4, -0.2) is 29.9 Å². The molecule has 0 unspecified atom stereocenters. The molecule has 0 spiro atoms. The molecule has 25 heavy (non-hydrogen) atoms. The van der Waals surface area contributed by atoms with Gasteiger partial charge in [0.1, 0.15) is 11.7 Å². The monoisotopic (exact) mass is 339 g/mol. The van der Waals surface area contributed by atoms with E-state index in [0.29, 0.717) is 23.1 Å². The maximum Gasteiger partial charge on any atom is 0.162 e. The number of hydrogen-bond acceptors (Lipinski definition) is 3. The van der Waals surface area contributed by atoms with Gasteiger partial charge in [-0.1, -0.05) is 32.0 Å². The zero-order valence-electron chi connectivity index (χ0n) is 14.7. The van der Waals surface area contributed by atoms with Crippen LogP contribution < -0.4 is 0 Å². The van der Waals surface area contributed by atoms with E-state index >= 15 is 0 Å². The first-order valence-electron chi connectivity index (χ1n) is 8.21. The topological polar surface area (TPSA) is 68.0 Å². The molecular formula is C20H22FN3O. The quantitative estimate of drug-likeness (QED) is 0.462. The van der Waals surface area contributed by atoms with Gasteiger partial charge < -0.3 is 4.90 Å². The minimum Gasteiger partial charge on any atom is -0.321 e. The van der Waals surface area contributed by atoms with E-state index in [4.69, 9.17) is 10.8 Å². The van der Waals surface area contributed by atoms with Crippen molar-refractivity contribution in [3.05, 3.63) is 58.9 Å². The van der Waals surface area contributed by atoms with Gasteiger partial charge in [0.2, 0.25) is 0 Å².